The Morgan fingerprint density at radius 3 is 2.60 bits per heavy atom. The van der Waals surface area contributed by atoms with E-state index in [1.165, 1.54) is 0 Å². The molecule has 2 N–H and O–H groups in total. The maximum absolute atomic E-state index is 5.96. The molecule has 20 heavy (non-hydrogen) atoms. The zero-order valence-corrected chi connectivity index (χ0v) is 11.6. The standard InChI is InChI=1S/C13H8Cl2N4O/c14-8-5-4-7(6-9(8)15)12-18-13(20-19-12)10-2-1-3-11(16)17-10/h1-6H,(H2,16,17). The van der Waals surface area contributed by atoms with Crippen molar-refractivity contribution in [2.45, 2.75) is 0 Å². The van der Waals surface area contributed by atoms with Crippen LogP contribution in [0.1, 0.15) is 0 Å². The molecule has 3 rings (SSSR count). The van der Waals surface area contributed by atoms with Crippen molar-refractivity contribution >= 4 is 29.0 Å². The smallest absolute Gasteiger partial charge is 0.276 e. The van der Waals surface area contributed by atoms with Crippen molar-refractivity contribution < 1.29 is 4.52 Å². The molecule has 0 spiro atoms. The Kier molecular flexibility index (Phi) is 3.30. The van der Waals surface area contributed by atoms with Gasteiger partial charge in [0.15, 0.2) is 0 Å². The van der Waals surface area contributed by atoms with Crippen LogP contribution in [0.25, 0.3) is 23.0 Å². The second-order valence-electron chi connectivity index (χ2n) is 4.00. The van der Waals surface area contributed by atoms with Gasteiger partial charge in [0.25, 0.3) is 5.89 Å². The minimum atomic E-state index is 0.290. The van der Waals surface area contributed by atoms with Crippen molar-refractivity contribution in [3.05, 3.63) is 46.4 Å². The van der Waals surface area contributed by atoms with E-state index in [1.54, 1.807) is 36.4 Å². The Bertz CT molecular complexity index is 773. The maximum atomic E-state index is 5.96. The fourth-order valence-electron chi connectivity index (χ4n) is 1.65. The largest absolute Gasteiger partial charge is 0.384 e. The van der Waals surface area contributed by atoms with Crippen molar-refractivity contribution in [3.8, 4) is 23.0 Å². The Labute approximate surface area is 124 Å². The number of pyridine rings is 1. The summed E-state index contributed by atoms with van der Waals surface area (Å²) >= 11 is 11.8. The Morgan fingerprint density at radius 2 is 1.85 bits per heavy atom. The molecule has 0 bridgehead atoms. The molecule has 0 aliphatic carbocycles. The van der Waals surface area contributed by atoms with Crippen LogP contribution in [0.3, 0.4) is 0 Å². The molecule has 0 aliphatic rings. The molecule has 0 aliphatic heterocycles. The molecular formula is C13H8Cl2N4O. The molecule has 2 aromatic heterocycles. The predicted octanol–water partition coefficient (Wildman–Crippen LogP) is 3.69. The molecule has 2 heterocycles. The fourth-order valence-corrected chi connectivity index (χ4v) is 1.95. The summed E-state index contributed by atoms with van der Waals surface area (Å²) in [5.41, 5.74) is 6.84. The molecule has 0 radical (unpaired) electrons. The van der Waals surface area contributed by atoms with Crippen LogP contribution in [0.15, 0.2) is 40.9 Å². The highest BCUT2D eigenvalue weighted by Gasteiger charge is 2.12. The molecule has 7 heteroatoms. The number of aromatic nitrogens is 3. The molecule has 0 fully saturated rings. The van der Waals surface area contributed by atoms with E-state index in [9.17, 15) is 0 Å². The molecular weight excluding hydrogens is 299 g/mol. The van der Waals surface area contributed by atoms with Gasteiger partial charge >= 0.3 is 0 Å². The molecule has 0 saturated heterocycles. The SMILES string of the molecule is Nc1cccc(-c2nc(-c3ccc(Cl)c(Cl)c3)no2)n1. The van der Waals surface area contributed by atoms with Crippen LogP contribution in [0.4, 0.5) is 5.82 Å². The molecule has 1 aromatic carbocycles. The lowest BCUT2D eigenvalue weighted by atomic mass is 10.2. The summed E-state index contributed by atoms with van der Waals surface area (Å²) in [5.74, 6) is 1.08. The predicted molar refractivity (Wildman–Crippen MR) is 77.4 cm³/mol. The third kappa shape index (κ3) is 2.45. The van der Waals surface area contributed by atoms with Gasteiger partial charge in [0.1, 0.15) is 11.5 Å². The summed E-state index contributed by atoms with van der Waals surface area (Å²) in [5, 5.41) is 4.79. The molecule has 0 atom stereocenters. The van der Waals surface area contributed by atoms with E-state index in [0.717, 1.165) is 0 Å². The average molecular weight is 307 g/mol. The van der Waals surface area contributed by atoms with Crippen LogP contribution in [-0.2, 0) is 0 Å². The number of nitrogens with zero attached hydrogens (tertiary/aromatic N) is 3. The van der Waals surface area contributed by atoms with Crippen molar-refractivity contribution in [1.29, 1.82) is 0 Å². The number of halogens is 2. The second-order valence-corrected chi connectivity index (χ2v) is 4.81. The number of anilines is 1. The van der Waals surface area contributed by atoms with Gasteiger partial charge in [-0.25, -0.2) is 4.98 Å². The van der Waals surface area contributed by atoms with E-state index in [2.05, 4.69) is 15.1 Å². The highest BCUT2D eigenvalue weighted by molar-refractivity contribution is 6.42. The van der Waals surface area contributed by atoms with E-state index in [-0.39, 0.29) is 0 Å². The topological polar surface area (TPSA) is 77.8 Å². The first-order valence-corrected chi connectivity index (χ1v) is 6.41. The van der Waals surface area contributed by atoms with Crippen LogP contribution in [0, 0.1) is 0 Å². The summed E-state index contributed by atoms with van der Waals surface area (Å²) in [6.07, 6.45) is 0. The van der Waals surface area contributed by atoms with Gasteiger partial charge in [-0.05, 0) is 30.3 Å². The van der Waals surface area contributed by atoms with Gasteiger partial charge in [-0.3, -0.25) is 0 Å². The van der Waals surface area contributed by atoms with Crippen molar-refractivity contribution in [2.75, 3.05) is 5.73 Å². The van der Waals surface area contributed by atoms with E-state index in [4.69, 9.17) is 33.5 Å². The minimum Gasteiger partial charge on any atom is -0.384 e. The number of nitrogens with two attached hydrogens (primary N) is 1. The molecule has 0 amide bonds. The van der Waals surface area contributed by atoms with Crippen molar-refractivity contribution in [3.63, 3.8) is 0 Å². The number of hydrogen-bond acceptors (Lipinski definition) is 5. The first-order valence-electron chi connectivity index (χ1n) is 5.65. The lowest BCUT2D eigenvalue weighted by Gasteiger charge is -1.97. The fraction of sp³-hybridized carbons (Fsp3) is 0. The average Bonchev–Trinajstić information content (AvgIpc) is 2.92. The van der Waals surface area contributed by atoms with Gasteiger partial charge in [-0.2, -0.15) is 4.98 Å². The summed E-state index contributed by atoms with van der Waals surface area (Å²) in [7, 11) is 0. The Hall–Kier alpha value is -2.11. The maximum Gasteiger partial charge on any atom is 0.276 e. The lowest BCUT2D eigenvalue weighted by molar-refractivity contribution is 0.431. The first kappa shape index (κ1) is 12.9. The van der Waals surface area contributed by atoms with Gasteiger partial charge in [-0.15, -0.1) is 0 Å². The van der Waals surface area contributed by atoms with Crippen LogP contribution >= 0.6 is 23.2 Å². The molecule has 3 aromatic rings. The molecule has 100 valence electrons. The third-order valence-corrected chi connectivity index (χ3v) is 3.33. The van der Waals surface area contributed by atoms with Crippen LogP contribution < -0.4 is 5.73 Å². The monoisotopic (exact) mass is 306 g/mol. The lowest BCUT2D eigenvalue weighted by Crippen LogP contribution is -1.91. The van der Waals surface area contributed by atoms with E-state index in [1.807, 2.05) is 0 Å². The summed E-state index contributed by atoms with van der Waals surface area (Å²) in [6.45, 7) is 0. The summed E-state index contributed by atoms with van der Waals surface area (Å²) in [6, 6.07) is 10.3. The quantitative estimate of drug-likeness (QED) is 0.781. The summed E-state index contributed by atoms with van der Waals surface area (Å²) < 4.78 is 5.17. The van der Waals surface area contributed by atoms with E-state index >= 15 is 0 Å². The van der Waals surface area contributed by atoms with Gasteiger partial charge in [0.05, 0.1) is 10.0 Å². The molecule has 0 saturated carbocycles. The zero-order chi connectivity index (χ0) is 14.1. The van der Waals surface area contributed by atoms with Crippen molar-refractivity contribution in [2.24, 2.45) is 0 Å². The third-order valence-electron chi connectivity index (χ3n) is 2.59. The van der Waals surface area contributed by atoms with Gasteiger partial charge in [0.2, 0.25) is 5.82 Å². The minimum absolute atomic E-state index is 0.290. The normalized spacial score (nSPS) is 10.7. The van der Waals surface area contributed by atoms with Gasteiger partial charge in [-0.1, -0.05) is 34.4 Å². The van der Waals surface area contributed by atoms with E-state index in [0.29, 0.717) is 38.8 Å². The zero-order valence-electron chi connectivity index (χ0n) is 10.0. The number of hydrogen-bond donors (Lipinski definition) is 1. The van der Waals surface area contributed by atoms with Crippen LogP contribution in [0.5, 0.6) is 0 Å². The number of rotatable bonds is 2. The van der Waals surface area contributed by atoms with Crippen LogP contribution in [-0.4, -0.2) is 15.1 Å². The Balaban J connectivity index is 1.99. The molecule has 0 unspecified atom stereocenters. The van der Waals surface area contributed by atoms with Crippen LogP contribution in [0.2, 0.25) is 10.0 Å². The number of benzene rings is 1. The van der Waals surface area contributed by atoms with Gasteiger partial charge < -0.3 is 10.3 Å². The van der Waals surface area contributed by atoms with E-state index < -0.39 is 0 Å². The summed E-state index contributed by atoms with van der Waals surface area (Å²) in [4.78, 5) is 8.38. The number of nitrogen functional groups attached to an aromatic ring is 1. The highest BCUT2D eigenvalue weighted by Crippen LogP contribution is 2.28. The highest BCUT2D eigenvalue weighted by atomic mass is 35.5. The first-order chi connectivity index (χ1) is 9.63. The van der Waals surface area contributed by atoms with Gasteiger partial charge in [0, 0.05) is 5.56 Å². The second kappa shape index (κ2) is 5.11. The van der Waals surface area contributed by atoms with Crippen molar-refractivity contribution in [1.82, 2.24) is 15.1 Å². The molecule has 5 nitrogen and oxygen atoms in total. The Morgan fingerprint density at radius 1 is 1.00 bits per heavy atom.